The third-order valence-corrected chi connectivity index (χ3v) is 4.11. The first kappa shape index (κ1) is 13.2. The Morgan fingerprint density at radius 1 is 1.30 bits per heavy atom. The van der Waals surface area contributed by atoms with Crippen LogP contribution < -0.4 is 4.74 Å². The molecule has 104 valence electrons. The largest absolute Gasteiger partial charge is 0.494 e. The predicted octanol–water partition coefficient (Wildman–Crippen LogP) is 4.24. The Kier molecular flexibility index (Phi) is 3.74. The second kappa shape index (κ2) is 5.67. The van der Waals surface area contributed by atoms with Gasteiger partial charge in [-0.25, -0.2) is 4.98 Å². The predicted molar refractivity (Wildman–Crippen MR) is 83.7 cm³/mol. The van der Waals surface area contributed by atoms with E-state index in [1.165, 1.54) is 15.8 Å². The summed E-state index contributed by atoms with van der Waals surface area (Å²) in [5.74, 6) is 0.950. The van der Waals surface area contributed by atoms with Gasteiger partial charge in [-0.2, -0.15) is 0 Å². The molecule has 4 heteroatoms. The molecule has 0 radical (unpaired) electrons. The normalized spacial score (nSPS) is 11.1. The van der Waals surface area contributed by atoms with E-state index in [0.29, 0.717) is 0 Å². The summed E-state index contributed by atoms with van der Waals surface area (Å²) in [6.07, 6.45) is 5.12. The molecular weight excluding hydrogens is 268 g/mol. The Labute approximate surface area is 122 Å². The third-order valence-electron chi connectivity index (χ3n) is 3.21. The van der Waals surface area contributed by atoms with Gasteiger partial charge in [0.05, 0.1) is 18.2 Å². The molecule has 0 unspecified atom stereocenters. The molecule has 0 saturated heterocycles. The van der Waals surface area contributed by atoms with Crippen molar-refractivity contribution in [2.24, 2.45) is 0 Å². The number of hydrogen-bond acceptors (Lipinski definition) is 3. The lowest BCUT2D eigenvalue weighted by Crippen LogP contribution is -1.96. The molecule has 0 aliphatic heterocycles. The summed E-state index contributed by atoms with van der Waals surface area (Å²) < 4.78 is 7.93. The van der Waals surface area contributed by atoms with E-state index in [1.807, 2.05) is 19.2 Å². The Morgan fingerprint density at radius 3 is 2.95 bits per heavy atom. The monoisotopic (exact) mass is 286 g/mol. The van der Waals surface area contributed by atoms with Gasteiger partial charge in [-0.3, -0.25) is 0 Å². The van der Waals surface area contributed by atoms with Gasteiger partial charge in [0.2, 0.25) is 0 Å². The summed E-state index contributed by atoms with van der Waals surface area (Å²) in [5, 5.41) is 2.34. The maximum Gasteiger partial charge on any atom is 0.120 e. The molecule has 20 heavy (non-hydrogen) atoms. The average molecular weight is 286 g/mol. The highest BCUT2D eigenvalue weighted by Gasteiger charge is 2.05. The Balaban J connectivity index is 1.85. The fraction of sp³-hybridized carbons (Fsp3) is 0.312. The first-order valence-corrected chi connectivity index (χ1v) is 7.71. The van der Waals surface area contributed by atoms with Crippen LogP contribution in [-0.4, -0.2) is 16.2 Å². The first-order chi connectivity index (χ1) is 9.76. The Bertz CT molecular complexity index is 714. The van der Waals surface area contributed by atoms with Gasteiger partial charge in [0.15, 0.2) is 0 Å². The number of aryl methyl sites for hydroxylation is 1. The summed E-state index contributed by atoms with van der Waals surface area (Å²) >= 11 is 1.75. The highest BCUT2D eigenvalue weighted by atomic mass is 32.1. The lowest BCUT2D eigenvalue weighted by Gasteiger charge is -2.06. The molecule has 2 aromatic heterocycles. The Hall–Kier alpha value is -1.81. The van der Waals surface area contributed by atoms with Crippen LogP contribution >= 0.6 is 11.3 Å². The van der Waals surface area contributed by atoms with Gasteiger partial charge >= 0.3 is 0 Å². The lowest BCUT2D eigenvalue weighted by atomic mass is 10.2. The van der Waals surface area contributed by atoms with Gasteiger partial charge in [-0.1, -0.05) is 6.92 Å². The number of thiazole rings is 1. The molecule has 3 rings (SSSR count). The molecule has 0 aliphatic rings. The summed E-state index contributed by atoms with van der Waals surface area (Å²) in [6, 6.07) is 8.43. The molecular formula is C16H18N2OS. The van der Waals surface area contributed by atoms with E-state index < -0.39 is 0 Å². The second-order valence-corrected chi connectivity index (χ2v) is 6.18. The van der Waals surface area contributed by atoms with Crippen LogP contribution in [0.5, 0.6) is 5.75 Å². The van der Waals surface area contributed by atoms with Crippen molar-refractivity contribution in [3.8, 4) is 5.75 Å². The van der Waals surface area contributed by atoms with Crippen LogP contribution in [0.15, 0.2) is 36.7 Å². The van der Waals surface area contributed by atoms with Crippen molar-refractivity contribution in [2.75, 3.05) is 6.61 Å². The van der Waals surface area contributed by atoms with Crippen LogP contribution in [0.1, 0.15) is 23.2 Å². The van der Waals surface area contributed by atoms with E-state index in [0.717, 1.165) is 30.3 Å². The standard InChI is InChI=1S/C16H18N2OS/c1-3-8-19-14-4-5-16-13(9-14)6-7-18(16)11-15-10-17-12(2)20-15/h4-7,9-10H,3,8,11H2,1-2H3. The zero-order valence-corrected chi connectivity index (χ0v) is 12.6. The van der Waals surface area contributed by atoms with Crippen molar-refractivity contribution in [2.45, 2.75) is 26.8 Å². The molecule has 1 aromatic carbocycles. The number of benzene rings is 1. The molecule has 0 saturated carbocycles. The number of fused-ring (bicyclic) bond motifs is 1. The molecule has 0 bridgehead atoms. The second-order valence-electron chi connectivity index (χ2n) is 4.86. The van der Waals surface area contributed by atoms with Gasteiger partial charge < -0.3 is 9.30 Å². The molecule has 3 nitrogen and oxygen atoms in total. The van der Waals surface area contributed by atoms with Crippen LogP contribution in [0.3, 0.4) is 0 Å². The van der Waals surface area contributed by atoms with Crippen LogP contribution in [-0.2, 0) is 6.54 Å². The van der Waals surface area contributed by atoms with Crippen LogP contribution in [0.25, 0.3) is 10.9 Å². The highest BCUT2D eigenvalue weighted by molar-refractivity contribution is 7.11. The minimum Gasteiger partial charge on any atom is -0.494 e. The van der Waals surface area contributed by atoms with Crippen LogP contribution in [0.2, 0.25) is 0 Å². The van der Waals surface area contributed by atoms with Crippen LogP contribution in [0, 0.1) is 6.92 Å². The number of rotatable bonds is 5. The summed E-state index contributed by atoms with van der Waals surface area (Å²) in [5.41, 5.74) is 1.24. The zero-order valence-electron chi connectivity index (χ0n) is 11.8. The quantitative estimate of drug-likeness (QED) is 0.701. The molecule has 0 fully saturated rings. The van der Waals surface area contributed by atoms with E-state index >= 15 is 0 Å². The first-order valence-electron chi connectivity index (χ1n) is 6.89. The molecule has 0 N–H and O–H groups in total. The van der Waals surface area contributed by atoms with E-state index in [4.69, 9.17) is 4.74 Å². The minimum atomic E-state index is 0.770. The van der Waals surface area contributed by atoms with E-state index in [1.54, 1.807) is 11.3 Å². The van der Waals surface area contributed by atoms with Gasteiger partial charge in [-0.15, -0.1) is 11.3 Å². The molecule has 0 atom stereocenters. The van der Waals surface area contributed by atoms with Gasteiger partial charge in [0.1, 0.15) is 5.75 Å². The average Bonchev–Trinajstić information content (AvgIpc) is 3.04. The number of aromatic nitrogens is 2. The molecule has 2 heterocycles. The number of ether oxygens (including phenoxy) is 1. The van der Waals surface area contributed by atoms with Crippen molar-refractivity contribution < 1.29 is 4.74 Å². The zero-order chi connectivity index (χ0) is 13.9. The van der Waals surface area contributed by atoms with Gasteiger partial charge in [0.25, 0.3) is 0 Å². The third kappa shape index (κ3) is 2.70. The van der Waals surface area contributed by atoms with Crippen molar-refractivity contribution in [3.63, 3.8) is 0 Å². The fourth-order valence-electron chi connectivity index (χ4n) is 2.27. The van der Waals surface area contributed by atoms with E-state index in [-0.39, 0.29) is 0 Å². The maximum absolute atomic E-state index is 5.68. The van der Waals surface area contributed by atoms with E-state index in [2.05, 4.69) is 40.9 Å². The van der Waals surface area contributed by atoms with Gasteiger partial charge in [0, 0.05) is 28.2 Å². The van der Waals surface area contributed by atoms with E-state index in [9.17, 15) is 0 Å². The molecule has 0 spiro atoms. The lowest BCUT2D eigenvalue weighted by molar-refractivity contribution is 0.318. The van der Waals surface area contributed by atoms with Crippen molar-refractivity contribution in [1.82, 2.24) is 9.55 Å². The Morgan fingerprint density at radius 2 is 2.20 bits per heavy atom. The minimum absolute atomic E-state index is 0.770. The van der Waals surface area contributed by atoms with Crippen LogP contribution in [0.4, 0.5) is 0 Å². The summed E-state index contributed by atoms with van der Waals surface area (Å²) in [7, 11) is 0. The maximum atomic E-state index is 5.68. The SMILES string of the molecule is CCCOc1ccc2c(ccn2Cc2cnc(C)s2)c1. The molecule has 3 aromatic rings. The smallest absolute Gasteiger partial charge is 0.120 e. The summed E-state index contributed by atoms with van der Waals surface area (Å²) in [6.45, 7) is 5.81. The topological polar surface area (TPSA) is 27.1 Å². The van der Waals surface area contributed by atoms with Gasteiger partial charge in [-0.05, 0) is 37.6 Å². The van der Waals surface area contributed by atoms with Crippen molar-refractivity contribution in [3.05, 3.63) is 46.5 Å². The number of hydrogen-bond donors (Lipinski definition) is 0. The summed E-state index contributed by atoms with van der Waals surface area (Å²) in [4.78, 5) is 5.59. The fourth-order valence-corrected chi connectivity index (χ4v) is 3.07. The number of nitrogens with zero attached hydrogens (tertiary/aromatic N) is 2. The van der Waals surface area contributed by atoms with Crippen molar-refractivity contribution >= 4 is 22.2 Å². The molecule has 0 aliphatic carbocycles. The molecule has 0 amide bonds. The van der Waals surface area contributed by atoms with Crippen molar-refractivity contribution in [1.29, 1.82) is 0 Å². The highest BCUT2D eigenvalue weighted by Crippen LogP contribution is 2.24.